The molecule has 0 amide bonds. The summed E-state index contributed by atoms with van der Waals surface area (Å²) in [6.45, 7) is 3.01. The van der Waals surface area contributed by atoms with Gasteiger partial charge in [-0.3, -0.25) is 0 Å². The Morgan fingerprint density at radius 2 is 2.28 bits per heavy atom. The van der Waals surface area contributed by atoms with Crippen molar-refractivity contribution >= 4 is 11.0 Å². The number of hydrogen-bond acceptors (Lipinski definition) is 4. The quantitative estimate of drug-likeness (QED) is 0.772. The zero-order valence-corrected chi connectivity index (χ0v) is 10.8. The van der Waals surface area contributed by atoms with E-state index in [1.165, 1.54) is 0 Å². The van der Waals surface area contributed by atoms with Crippen LogP contribution in [0.2, 0.25) is 0 Å². The van der Waals surface area contributed by atoms with E-state index in [4.69, 9.17) is 14.3 Å². The summed E-state index contributed by atoms with van der Waals surface area (Å²) in [7, 11) is 1.64. The van der Waals surface area contributed by atoms with E-state index in [1.54, 1.807) is 7.11 Å². The first-order chi connectivity index (χ1) is 8.76. The fourth-order valence-electron chi connectivity index (χ4n) is 1.93. The summed E-state index contributed by atoms with van der Waals surface area (Å²) in [6.07, 6.45) is 0.744. The highest BCUT2D eigenvalue weighted by Crippen LogP contribution is 2.30. The number of nitrogens with one attached hydrogen (secondary N) is 1. The fourth-order valence-corrected chi connectivity index (χ4v) is 1.93. The van der Waals surface area contributed by atoms with Gasteiger partial charge < -0.3 is 19.6 Å². The second kappa shape index (κ2) is 5.89. The predicted octanol–water partition coefficient (Wildman–Crippen LogP) is 2.47. The summed E-state index contributed by atoms with van der Waals surface area (Å²) in [6, 6.07) is 7.98. The van der Waals surface area contributed by atoms with Gasteiger partial charge in [-0.15, -0.1) is 0 Å². The summed E-state index contributed by atoms with van der Waals surface area (Å²) in [4.78, 5) is 0. The van der Waals surface area contributed by atoms with Gasteiger partial charge in [0.1, 0.15) is 5.76 Å². The maximum absolute atomic E-state index is 8.75. The molecule has 1 aromatic heterocycles. The Bertz CT molecular complexity index is 507. The van der Waals surface area contributed by atoms with Crippen LogP contribution in [0.1, 0.15) is 25.1 Å². The molecule has 0 aliphatic carbocycles. The second-order valence-corrected chi connectivity index (χ2v) is 4.28. The van der Waals surface area contributed by atoms with Crippen LogP contribution >= 0.6 is 0 Å². The molecule has 2 N–H and O–H groups in total. The molecule has 0 spiro atoms. The lowest BCUT2D eigenvalue weighted by atomic mass is 10.2. The molecule has 98 valence electrons. The predicted molar refractivity (Wildman–Crippen MR) is 70.9 cm³/mol. The molecule has 1 atom stereocenters. The summed E-state index contributed by atoms with van der Waals surface area (Å²) in [5.74, 6) is 1.63. The van der Waals surface area contributed by atoms with Crippen molar-refractivity contribution < 1.29 is 14.3 Å². The molecule has 0 saturated carbocycles. The number of fused-ring (bicyclic) bond motifs is 1. The minimum Gasteiger partial charge on any atom is -0.493 e. The minimum absolute atomic E-state index is 0.119. The van der Waals surface area contributed by atoms with Crippen molar-refractivity contribution in [3.05, 3.63) is 30.0 Å². The van der Waals surface area contributed by atoms with Crippen molar-refractivity contribution in [2.45, 2.75) is 19.4 Å². The van der Waals surface area contributed by atoms with E-state index >= 15 is 0 Å². The van der Waals surface area contributed by atoms with Gasteiger partial charge in [-0.05, 0) is 32.0 Å². The zero-order chi connectivity index (χ0) is 13.0. The van der Waals surface area contributed by atoms with Crippen molar-refractivity contribution in [3.63, 3.8) is 0 Å². The standard InChI is InChI=1S/C14H19NO3/c1-10(15-7-4-8-16)13-9-11-5-3-6-12(17-2)14(11)18-13/h3,5-6,9-10,15-16H,4,7-8H2,1-2H3. The van der Waals surface area contributed by atoms with Crippen LogP contribution < -0.4 is 10.1 Å². The summed E-state index contributed by atoms with van der Waals surface area (Å²) >= 11 is 0. The first kappa shape index (κ1) is 12.9. The van der Waals surface area contributed by atoms with Crippen molar-refractivity contribution in [2.24, 2.45) is 0 Å². The number of aliphatic hydroxyl groups is 1. The van der Waals surface area contributed by atoms with Crippen LogP contribution in [0, 0.1) is 0 Å². The molecule has 2 rings (SSSR count). The lowest BCUT2D eigenvalue weighted by Crippen LogP contribution is -2.20. The molecule has 4 heteroatoms. The molecule has 0 fully saturated rings. The third kappa shape index (κ3) is 2.66. The number of ether oxygens (including phenoxy) is 1. The van der Waals surface area contributed by atoms with Gasteiger partial charge in [0.25, 0.3) is 0 Å². The van der Waals surface area contributed by atoms with Gasteiger partial charge in [0.15, 0.2) is 11.3 Å². The Labute approximate surface area is 107 Å². The van der Waals surface area contributed by atoms with Gasteiger partial charge in [-0.1, -0.05) is 12.1 Å². The van der Waals surface area contributed by atoms with Crippen LogP contribution in [-0.4, -0.2) is 25.4 Å². The molecule has 18 heavy (non-hydrogen) atoms. The van der Waals surface area contributed by atoms with Crippen LogP contribution in [0.25, 0.3) is 11.0 Å². The Balaban J connectivity index is 2.19. The van der Waals surface area contributed by atoms with Gasteiger partial charge in [0.05, 0.1) is 13.2 Å². The highest BCUT2D eigenvalue weighted by molar-refractivity contribution is 5.83. The van der Waals surface area contributed by atoms with Crippen molar-refractivity contribution in [1.29, 1.82) is 0 Å². The lowest BCUT2D eigenvalue weighted by molar-refractivity contribution is 0.282. The molecular weight excluding hydrogens is 230 g/mol. The maximum Gasteiger partial charge on any atom is 0.176 e. The van der Waals surface area contributed by atoms with Crippen LogP contribution in [0.3, 0.4) is 0 Å². The van der Waals surface area contributed by atoms with E-state index in [0.717, 1.165) is 35.4 Å². The number of rotatable bonds is 6. The molecule has 0 aliphatic heterocycles. The van der Waals surface area contributed by atoms with Gasteiger partial charge in [0, 0.05) is 12.0 Å². The third-order valence-electron chi connectivity index (χ3n) is 2.96. The summed E-state index contributed by atoms with van der Waals surface area (Å²) in [5.41, 5.74) is 0.783. The zero-order valence-electron chi connectivity index (χ0n) is 10.8. The Hall–Kier alpha value is -1.52. The molecule has 0 aliphatic rings. The number of hydrogen-bond donors (Lipinski definition) is 2. The van der Waals surface area contributed by atoms with E-state index in [2.05, 4.69) is 5.32 Å². The number of furan rings is 1. The average Bonchev–Trinajstić information content (AvgIpc) is 2.82. The van der Waals surface area contributed by atoms with Gasteiger partial charge in [-0.2, -0.15) is 0 Å². The van der Waals surface area contributed by atoms with Gasteiger partial charge in [0.2, 0.25) is 0 Å². The first-order valence-corrected chi connectivity index (χ1v) is 6.17. The Morgan fingerprint density at radius 3 is 3.00 bits per heavy atom. The lowest BCUT2D eigenvalue weighted by Gasteiger charge is -2.09. The number of para-hydroxylation sites is 1. The van der Waals surface area contributed by atoms with Crippen molar-refractivity contribution in [1.82, 2.24) is 5.32 Å². The van der Waals surface area contributed by atoms with Gasteiger partial charge in [-0.25, -0.2) is 0 Å². The van der Waals surface area contributed by atoms with E-state index in [9.17, 15) is 0 Å². The van der Waals surface area contributed by atoms with Crippen LogP contribution in [-0.2, 0) is 0 Å². The third-order valence-corrected chi connectivity index (χ3v) is 2.96. The highest BCUT2D eigenvalue weighted by Gasteiger charge is 2.13. The first-order valence-electron chi connectivity index (χ1n) is 6.17. The van der Waals surface area contributed by atoms with Crippen LogP contribution in [0.4, 0.5) is 0 Å². The molecule has 0 saturated heterocycles. The minimum atomic E-state index is 0.119. The molecule has 0 radical (unpaired) electrons. The van der Waals surface area contributed by atoms with E-state index < -0.39 is 0 Å². The monoisotopic (exact) mass is 249 g/mol. The number of aliphatic hydroxyl groups excluding tert-OH is 1. The molecule has 1 aromatic carbocycles. The molecule has 1 unspecified atom stereocenters. The average molecular weight is 249 g/mol. The maximum atomic E-state index is 8.75. The summed E-state index contributed by atoms with van der Waals surface area (Å²) < 4.78 is 11.1. The highest BCUT2D eigenvalue weighted by atomic mass is 16.5. The Kier molecular flexibility index (Phi) is 4.23. The molecule has 2 aromatic rings. The smallest absolute Gasteiger partial charge is 0.176 e. The second-order valence-electron chi connectivity index (χ2n) is 4.28. The molecule has 0 bridgehead atoms. The molecular formula is C14H19NO3. The van der Waals surface area contributed by atoms with Crippen molar-refractivity contribution in [3.8, 4) is 5.75 Å². The SMILES string of the molecule is COc1cccc2cc(C(C)NCCCO)oc12. The normalized spacial score (nSPS) is 12.8. The largest absolute Gasteiger partial charge is 0.493 e. The van der Waals surface area contributed by atoms with Crippen molar-refractivity contribution in [2.75, 3.05) is 20.3 Å². The van der Waals surface area contributed by atoms with E-state index in [-0.39, 0.29) is 12.6 Å². The fraction of sp³-hybridized carbons (Fsp3) is 0.429. The molecule has 4 nitrogen and oxygen atoms in total. The molecule has 1 heterocycles. The number of methoxy groups -OCH3 is 1. The summed E-state index contributed by atoms with van der Waals surface area (Å²) in [5, 5.41) is 13.1. The van der Waals surface area contributed by atoms with E-state index in [0.29, 0.717) is 0 Å². The van der Waals surface area contributed by atoms with Crippen LogP contribution in [0.15, 0.2) is 28.7 Å². The van der Waals surface area contributed by atoms with E-state index in [1.807, 2.05) is 31.2 Å². The Morgan fingerprint density at radius 1 is 1.44 bits per heavy atom. The van der Waals surface area contributed by atoms with Gasteiger partial charge >= 0.3 is 0 Å². The van der Waals surface area contributed by atoms with Crippen LogP contribution in [0.5, 0.6) is 5.75 Å². The number of benzene rings is 1. The topological polar surface area (TPSA) is 54.6 Å².